The van der Waals surface area contributed by atoms with Crippen LogP contribution in [0.2, 0.25) is 0 Å². The van der Waals surface area contributed by atoms with E-state index in [0.717, 1.165) is 31.7 Å². The van der Waals surface area contributed by atoms with Gasteiger partial charge in [-0.05, 0) is 58.4 Å². The Kier molecular flexibility index (Phi) is 5.08. The largest absolute Gasteiger partial charge is 0.480 e. The fourth-order valence-electron chi connectivity index (χ4n) is 4.11. The van der Waals surface area contributed by atoms with Crippen LogP contribution in [0.5, 0.6) is 0 Å². The van der Waals surface area contributed by atoms with Gasteiger partial charge in [0.05, 0.1) is 0 Å². The number of aliphatic carboxylic acids is 1. The monoisotopic (exact) mass is 282 g/mol. The second-order valence-electron chi connectivity index (χ2n) is 7.02. The summed E-state index contributed by atoms with van der Waals surface area (Å²) in [5, 5.41) is 12.9. The van der Waals surface area contributed by atoms with Crippen LogP contribution in [-0.2, 0) is 4.79 Å². The van der Waals surface area contributed by atoms with E-state index in [1.54, 1.807) is 0 Å². The molecule has 116 valence electrons. The Balaban J connectivity index is 1.95. The molecule has 0 aromatic carbocycles. The maximum atomic E-state index is 11.7. The summed E-state index contributed by atoms with van der Waals surface area (Å²) in [6.45, 7) is 8.65. The second kappa shape index (κ2) is 6.44. The second-order valence-corrected chi connectivity index (χ2v) is 7.02. The van der Waals surface area contributed by atoms with Gasteiger partial charge in [-0.1, -0.05) is 13.3 Å². The average molecular weight is 282 g/mol. The van der Waals surface area contributed by atoms with Gasteiger partial charge in [0, 0.05) is 18.6 Å². The third-order valence-corrected chi connectivity index (χ3v) is 4.99. The Bertz CT molecular complexity index is 345. The van der Waals surface area contributed by atoms with Gasteiger partial charge in [0.2, 0.25) is 0 Å². The van der Waals surface area contributed by atoms with Crippen molar-refractivity contribution < 1.29 is 9.90 Å². The highest BCUT2D eigenvalue weighted by Crippen LogP contribution is 2.36. The molecule has 0 spiro atoms. The van der Waals surface area contributed by atoms with Crippen molar-refractivity contribution in [3.63, 3.8) is 0 Å². The molecule has 0 aromatic heterocycles. The lowest BCUT2D eigenvalue weighted by atomic mass is 9.96. The Hall–Kier alpha value is -0.610. The third-order valence-electron chi connectivity index (χ3n) is 4.99. The fourth-order valence-corrected chi connectivity index (χ4v) is 4.11. The number of nitrogens with one attached hydrogen (secondary N) is 1. The highest BCUT2D eigenvalue weighted by atomic mass is 16.4. The quantitative estimate of drug-likeness (QED) is 0.786. The van der Waals surface area contributed by atoms with Gasteiger partial charge in [-0.3, -0.25) is 10.1 Å². The van der Waals surface area contributed by atoms with E-state index in [1.165, 1.54) is 25.8 Å². The van der Waals surface area contributed by atoms with Crippen LogP contribution < -0.4 is 5.32 Å². The normalized spacial score (nSPS) is 35.0. The highest BCUT2D eigenvalue weighted by Gasteiger charge is 2.47. The third kappa shape index (κ3) is 3.34. The maximum Gasteiger partial charge on any atom is 0.323 e. The van der Waals surface area contributed by atoms with Gasteiger partial charge in [-0.2, -0.15) is 0 Å². The van der Waals surface area contributed by atoms with Crippen molar-refractivity contribution in [3.8, 4) is 0 Å². The highest BCUT2D eigenvalue weighted by molar-refractivity contribution is 5.79. The molecular weight excluding hydrogens is 252 g/mol. The molecule has 2 fully saturated rings. The molecule has 0 amide bonds. The van der Waals surface area contributed by atoms with E-state index in [0.29, 0.717) is 6.04 Å². The van der Waals surface area contributed by atoms with E-state index in [-0.39, 0.29) is 6.04 Å². The average Bonchev–Trinajstić information content (AvgIpc) is 2.96. The minimum absolute atomic E-state index is 0.219. The number of carboxylic acids is 1. The Morgan fingerprint density at radius 2 is 2.20 bits per heavy atom. The summed E-state index contributed by atoms with van der Waals surface area (Å²) in [4.78, 5) is 14.3. The molecule has 20 heavy (non-hydrogen) atoms. The Morgan fingerprint density at radius 1 is 1.45 bits per heavy atom. The van der Waals surface area contributed by atoms with Gasteiger partial charge < -0.3 is 10.0 Å². The molecule has 0 radical (unpaired) electrons. The zero-order valence-corrected chi connectivity index (χ0v) is 13.2. The number of hydrogen-bond donors (Lipinski definition) is 2. The summed E-state index contributed by atoms with van der Waals surface area (Å²) in [6.07, 6.45) is 6.42. The van der Waals surface area contributed by atoms with Crippen LogP contribution in [0.3, 0.4) is 0 Å². The van der Waals surface area contributed by atoms with Gasteiger partial charge in [-0.25, -0.2) is 0 Å². The first-order valence-electron chi connectivity index (χ1n) is 8.22. The van der Waals surface area contributed by atoms with Gasteiger partial charge in [-0.15, -0.1) is 0 Å². The topological polar surface area (TPSA) is 52.6 Å². The Labute approximate surface area is 122 Å². The summed E-state index contributed by atoms with van der Waals surface area (Å²) >= 11 is 0. The number of likely N-dealkylation sites (tertiary alicyclic amines) is 1. The number of carboxylic acid groups (broad SMARTS) is 1. The van der Waals surface area contributed by atoms with Crippen LogP contribution in [0.15, 0.2) is 0 Å². The summed E-state index contributed by atoms with van der Waals surface area (Å²) < 4.78 is 0. The lowest BCUT2D eigenvalue weighted by Crippen LogP contribution is -2.53. The zero-order valence-electron chi connectivity index (χ0n) is 13.2. The summed E-state index contributed by atoms with van der Waals surface area (Å²) in [7, 11) is 0. The van der Waals surface area contributed by atoms with Crippen molar-refractivity contribution >= 4 is 5.97 Å². The first-order chi connectivity index (χ1) is 9.47. The van der Waals surface area contributed by atoms with E-state index in [4.69, 9.17) is 0 Å². The van der Waals surface area contributed by atoms with Crippen LogP contribution in [0, 0.1) is 5.92 Å². The lowest BCUT2D eigenvalue weighted by molar-refractivity contribution is -0.145. The summed E-state index contributed by atoms with van der Waals surface area (Å²) in [5.74, 6) is 0.163. The molecule has 1 heterocycles. The van der Waals surface area contributed by atoms with E-state index in [9.17, 15) is 9.90 Å². The lowest BCUT2D eigenvalue weighted by Gasteiger charge is -2.30. The molecule has 2 N–H and O–H groups in total. The van der Waals surface area contributed by atoms with Gasteiger partial charge >= 0.3 is 5.97 Å². The van der Waals surface area contributed by atoms with Crippen molar-refractivity contribution in [2.75, 3.05) is 13.1 Å². The molecular formula is C16H30N2O2. The Morgan fingerprint density at radius 3 is 2.80 bits per heavy atom. The predicted molar refractivity (Wildman–Crippen MR) is 80.9 cm³/mol. The molecule has 1 saturated heterocycles. The molecule has 2 aliphatic rings. The van der Waals surface area contributed by atoms with Crippen LogP contribution in [0.25, 0.3) is 0 Å². The van der Waals surface area contributed by atoms with Gasteiger partial charge in [0.1, 0.15) is 5.54 Å². The minimum Gasteiger partial charge on any atom is -0.480 e. The van der Waals surface area contributed by atoms with Crippen molar-refractivity contribution in [1.82, 2.24) is 10.2 Å². The molecule has 4 nitrogen and oxygen atoms in total. The number of rotatable bonds is 6. The number of carbonyl (C=O) groups is 1. The summed E-state index contributed by atoms with van der Waals surface area (Å²) in [5.41, 5.74) is -0.693. The van der Waals surface area contributed by atoms with Crippen LogP contribution in [-0.4, -0.2) is 46.7 Å². The fraction of sp³-hybridized carbons (Fsp3) is 0.938. The molecule has 3 unspecified atom stereocenters. The molecule has 4 heteroatoms. The molecule has 1 aliphatic carbocycles. The van der Waals surface area contributed by atoms with E-state index < -0.39 is 11.5 Å². The zero-order chi connectivity index (χ0) is 14.8. The van der Waals surface area contributed by atoms with Crippen LogP contribution in [0.4, 0.5) is 0 Å². The first kappa shape index (κ1) is 15.8. The van der Waals surface area contributed by atoms with Crippen molar-refractivity contribution in [3.05, 3.63) is 0 Å². The van der Waals surface area contributed by atoms with E-state index >= 15 is 0 Å². The smallest absolute Gasteiger partial charge is 0.323 e. The molecule has 1 aliphatic heterocycles. The van der Waals surface area contributed by atoms with Crippen molar-refractivity contribution in [1.29, 1.82) is 0 Å². The molecule has 0 bridgehead atoms. The van der Waals surface area contributed by atoms with Gasteiger partial charge in [0.25, 0.3) is 0 Å². The molecule has 3 atom stereocenters. The standard InChI is InChI=1S/C16H30N2O2/c1-4-5-13-7-9-18(11-13)14-6-8-16(10-14,15(19)20)17-12(2)3/h12-14,17H,4-11H2,1-3H3,(H,19,20). The van der Waals surface area contributed by atoms with Crippen molar-refractivity contribution in [2.45, 2.75) is 76.9 Å². The molecule has 2 rings (SSSR count). The molecule has 1 saturated carbocycles. The van der Waals surface area contributed by atoms with Gasteiger partial charge in [0.15, 0.2) is 0 Å². The number of hydrogen-bond acceptors (Lipinski definition) is 3. The van der Waals surface area contributed by atoms with Crippen LogP contribution >= 0.6 is 0 Å². The van der Waals surface area contributed by atoms with E-state index in [1.807, 2.05) is 13.8 Å². The minimum atomic E-state index is -0.693. The van der Waals surface area contributed by atoms with Crippen LogP contribution in [0.1, 0.15) is 59.3 Å². The first-order valence-corrected chi connectivity index (χ1v) is 8.22. The van der Waals surface area contributed by atoms with E-state index in [2.05, 4.69) is 17.1 Å². The number of nitrogens with zero attached hydrogens (tertiary/aromatic N) is 1. The predicted octanol–water partition coefficient (Wildman–Crippen LogP) is 2.48. The molecule has 0 aromatic rings. The maximum absolute atomic E-state index is 11.7. The summed E-state index contributed by atoms with van der Waals surface area (Å²) in [6, 6.07) is 0.676. The SMILES string of the molecule is CCCC1CCN(C2CCC(NC(C)C)(C(=O)O)C2)C1. The van der Waals surface area contributed by atoms with Crippen molar-refractivity contribution in [2.24, 2.45) is 5.92 Å².